The van der Waals surface area contributed by atoms with Crippen LogP contribution in [-0.4, -0.2) is 4.98 Å². The summed E-state index contributed by atoms with van der Waals surface area (Å²) in [7, 11) is 0. The highest BCUT2D eigenvalue weighted by molar-refractivity contribution is 7.15. The van der Waals surface area contributed by atoms with Crippen LogP contribution in [0.3, 0.4) is 0 Å². The molecule has 0 amide bonds. The van der Waals surface area contributed by atoms with Crippen LogP contribution in [0.2, 0.25) is 0 Å². The molecule has 3 heteroatoms. The fraction of sp³-hybridized carbons (Fsp3) is 0.423. The van der Waals surface area contributed by atoms with Crippen molar-refractivity contribution in [3.05, 3.63) is 65.3 Å². The van der Waals surface area contributed by atoms with Gasteiger partial charge in [0.1, 0.15) is 0 Å². The van der Waals surface area contributed by atoms with Gasteiger partial charge in [-0.05, 0) is 59.6 Å². The third-order valence-electron chi connectivity index (χ3n) is 6.10. The summed E-state index contributed by atoms with van der Waals surface area (Å²) in [6, 6.07) is 17.5. The minimum atomic E-state index is 0.184. The fourth-order valence-corrected chi connectivity index (χ4v) is 5.15. The Kier molecular flexibility index (Phi) is 5.78. The molecule has 0 aliphatic heterocycles. The van der Waals surface area contributed by atoms with Crippen molar-refractivity contribution in [2.45, 2.75) is 64.7 Å². The number of benzene rings is 2. The highest BCUT2D eigenvalue weighted by Crippen LogP contribution is 2.39. The molecule has 1 aliphatic rings. The second kappa shape index (κ2) is 8.31. The first-order chi connectivity index (χ1) is 13.9. The first kappa shape index (κ1) is 20.2. The summed E-state index contributed by atoms with van der Waals surface area (Å²) in [5, 5.41) is 4.84. The molecule has 0 unspecified atom stereocenters. The zero-order valence-electron chi connectivity index (χ0n) is 18.0. The molecular weight excluding hydrogens is 372 g/mol. The minimum Gasteiger partial charge on any atom is -0.356 e. The normalized spacial score (nSPS) is 19.9. The van der Waals surface area contributed by atoms with Crippen LogP contribution in [-0.2, 0) is 5.41 Å². The summed E-state index contributed by atoms with van der Waals surface area (Å²) in [6.07, 6.45) is 7.34. The Labute approximate surface area is 179 Å². The first-order valence-corrected chi connectivity index (χ1v) is 11.6. The van der Waals surface area contributed by atoms with Crippen LogP contribution < -0.4 is 5.32 Å². The van der Waals surface area contributed by atoms with Gasteiger partial charge in [0.15, 0.2) is 0 Å². The van der Waals surface area contributed by atoms with Crippen molar-refractivity contribution in [2.24, 2.45) is 5.92 Å². The van der Waals surface area contributed by atoms with E-state index in [9.17, 15) is 0 Å². The van der Waals surface area contributed by atoms with Gasteiger partial charge < -0.3 is 5.32 Å². The molecule has 0 spiro atoms. The average molecular weight is 405 g/mol. The van der Waals surface area contributed by atoms with Gasteiger partial charge in [-0.2, -0.15) is 0 Å². The Morgan fingerprint density at radius 3 is 2.03 bits per heavy atom. The lowest BCUT2D eigenvalue weighted by atomic mass is 9.83. The number of rotatable bonds is 4. The lowest BCUT2D eigenvalue weighted by Gasteiger charge is -2.24. The summed E-state index contributed by atoms with van der Waals surface area (Å²) in [6.45, 7) is 9.10. The lowest BCUT2D eigenvalue weighted by molar-refractivity contribution is 0.347. The van der Waals surface area contributed by atoms with Gasteiger partial charge >= 0.3 is 0 Å². The van der Waals surface area contributed by atoms with Crippen molar-refractivity contribution in [2.75, 3.05) is 5.32 Å². The van der Waals surface area contributed by atoms with E-state index in [0.29, 0.717) is 5.92 Å². The SMILES string of the molecule is CC1CCC(c2ncc(-c3ccc(Nc4ccc(C(C)(C)C)cc4)cc3)s2)CC1. The third kappa shape index (κ3) is 4.90. The van der Waals surface area contributed by atoms with Gasteiger partial charge in [0.25, 0.3) is 0 Å². The summed E-state index contributed by atoms with van der Waals surface area (Å²) >= 11 is 1.88. The van der Waals surface area contributed by atoms with Gasteiger partial charge in [-0.25, -0.2) is 4.98 Å². The van der Waals surface area contributed by atoms with Crippen molar-refractivity contribution in [3.63, 3.8) is 0 Å². The second-order valence-corrected chi connectivity index (χ2v) is 10.6. The van der Waals surface area contributed by atoms with Crippen LogP contribution in [0.25, 0.3) is 10.4 Å². The number of nitrogens with one attached hydrogen (secondary N) is 1. The Balaban J connectivity index is 1.42. The first-order valence-electron chi connectivity index (χ1n) is 10.8. The molecule has 3 aromatic rings. The van der Waals surface area contributed by atoms with Crippen molar-refractivity contribution in [1.29, 1.82) is 0 Å². The van der Waals surface area contributed by atoms with Crippen LogP contribution in [0, 0.1) is 5.92 Å². The standard InChI is InChI=1S/C26H32N2S/c1-18-5-7-20(8-6-18)25-27-17-24(29-25)19-9-13-22(14-10-19)28-23-15-11-21(12-16-23)26(2,3)4/h9-18,20,28H,5-8H2,1-4H3. The van der Waals surface area contributed by atoms with E-state index in [0.717, 1.165) is 17.3 Å². The molecule has 1 aliphatic carbocycles. The van der Waals surface area contributed by atoms with Crippen molar-refractivity contribution < 1.29 is 0 Å². The van der Waals surface area contributed by atoms with E-state index in [2.05, 4.69) is 87.7 Å². The molecule has 0 bridgehead atoms. The molecule has 29 heavy (non-hydrogen) atoms. The van der Waals surface area contributed by atoms with Crippen LogP contribution in [0.4, 0.5) is 11.4 Å². The van der Waals surface area contributed by atoms with Gasteiger partial charge in [0.05, 0.1) is 9.88 Å². The van der Waals surface area contributed by atoms with Crippen molar-refractivity contribution in [3.8, 4) is 10.4 Å². The Hall–Kier alpha value is -2.13. The Bertz CT molecular complexity index is 924. The molecule has 2 nitrogen and oxygen atoms in total. The molecule has 1 heterocycles. The number of thiazole rings is 1. The zero-order chi connectivity index (χ0) is 20.4. The van der Waals surface area contributed by atoms with Gasteiger partial charge in [-0.1, -0.05) is 64.8 Å². The van der Waals surface area contributed by atoms with Crippen LogP contribution >= 0.6 is 11.3 Å². The highest BCUT2D eigenvalue weighted by Gasteiger charge is 2.22. The van der Waals surface area contributed by atoms with Crippen molar-refractivity contribution in [1.82, 2.24) is 4.98 Å². The van der Waals surface area contributed by atoms with Crippen LogP contribution in [0.1, 0.15) is 69.9 Å². The number of anilines is 2. The summed E-state index contributed by atoms with van der Waals surface area (Å²) in [4.78, 5) is 6.04. The van der Waals surface area contributed by atoms with Gasteiger partial charge in [0, 0.05) is 23.5 Å². The third-order valence-corrected chi connectivity index (χ3v) is 7.31. The highest BCUT2D eigenvalue weighted by atomic mass is 32.1. The summed E-state index contributed by atoms with van der Waals surface area (Å²) in [5.41, 5.74) is 5.03. The predicted molar refractivity (Wildman–Crippen MR) is 126 cm³/mol. The predicted octanol–water partition coefficient (Wildman–Crippen LogP) is 8.14. The maximum Gasteiger partial charge on any atom is 0.0962 e. The molecule has 0 saturated heterocycles. The molecule has 0 atom stereocenters. The maximum absolute atomic E-state index is 4.76. The number of hydrogen-bond acceptors (Lipinski definition) is 3. The van der Waals surface area contributed by atoms with E-state index in [1.54, 1.807) is 0 Å². The molecule has 152 valence electrons. The van der Waals surface area contributed by atoms with E-state index in [1.807, 2.05) is 11.3 Å². The fourth-order valence-electron chi connectivity index (χ4n) is 4.05. The topological polar surface area (TPSA) is 24.9 Å². The Morgan fingerprint density at radius 2 is 1.45 bits per heavy atom. The van der Waals surface area contributed by atoms with Crippen LogP contribution in [0.15, 0.2) is 54.7 Å². The summed E-state index contributed by atoms with van der Waals surface area (Å²) < 4.78 is 0. The molecule has 0 radical (unpaired) electrons. The monoisotopic (exact) mass is 404 g/mol. The molecule has 1 saturated carbocycles. The average Bonchev–Trinajstić information content (AvgIpc) is 3.19. The quantitative estimate of drug-likeness (QED) is 0.474. The van der Waals surface area contributed by atoms with Crippen molar-refractivity contribution >= 4 is 22.7 Å². The molecule has 1 N–H and O–H groups in total. The van der Waals surface area contributed by atoms with E-state index >= 15 is 0 Å². The molecule has 2 aromatic carbocycles. The lowest BCUT2D eigenvalue weighted by Crippen LogP contribution is -2.10. The Morgan fingerprint density at radius 1 is 0.862 bits per heavy atom. The van der Waals surface area contributed by atoms with E-state index < -0.39 is 0 Å². The molecule has 1 aromatic heterocycles. The summed E-state index contributed by atoms with van der Waals surface area (Å²) in [5.74, 6) is 1.55. The molecule has 4 rings (SSSR count). The molecule has 1 fully saturated rings. The van der Waals surface area contributed by atoms with Gasteiger partial charge in [-0.15, -0.1) is 11.3 Å². The number of hydrogen-bond donors (Lipinski definition) is 1. The maximum atomic E-state index is 4.76. The van der Waals surface area contributed by atoms with Gasteiger partial charge in [-0.3, -0.25) is 0 Å². The minimum absolute atomic E-state index is 0.184. The van der Waals surface area contributed by atoms with E-state index in [-0.39, 0.29) is 5.41 Å². The van der Waals surface area contributed by atoms with E-state index in [1.165, 1.54) is 46.7 Å². The van der Waals surface area contributed by atoms with E-state index in [4.69, 9.17) is 4.98 Å². The number of nitrogens with zero attached hydrogens (tertiary/aromatic N) is 1. The zero-order valence-corrected chi connectivity index (χ0v) is 18.9. The molecular formula is C26H32N2S. The van der Waals surface area contributed by atoms with Crippen LogP contribution in [0.5, 0.6) is 0 Å². The second-order valence-electron chi connectivity index (χ2n) is 9.55. The van der Waals surface area contributed by atoms with Gasteiger partial charge in [0.2, 0.25) is 0 Å². The largest absolute Gasteiger partial charge is 0.356 e. The number of aromatic nitrogens is 1. The smallest absolute Gasteiger partial charge is 0.0962 e.